The van der Waals surface area contributed by atoms with Gasteiger partial charge in [0.25, 0.3) is 0 Å². The molecule has 0 aliphatic carbocycles. The smallest absolute Gasteiger partial charge is 0.410 e. The minimum absolute atomic E-state index is 0.00455. The van der Waals surface area contributed by atoms with Gasteiger partial charge in [0.05, 0.1) is 43.4 Å². The monoisotopic (exact) mass is 790 g/mol. The van der Waals surface area contributed by atoms with Crippen molar-refractivity contribution in [3.05, 3.63) is 65.6 Å². The van der Waals surface area contributed by atoms with E-state index in [2.05, 4.69) is 52.8 Å². The molecule has 1 unspecified atom stereocenters. The number of carbonyl (C=O) groups excluding carboxylic acids is 3. The average Bonchev–Trinajstić information content (AvgIpc) is 4.00. The number of H-pyrrole nitrogens is 1. The van der Waals surface area contributed by atoms with Gasteiger partial charge in [-0.25, -0.2) is 14.6 Å². The molecule has 4 aromatic rings. The normalized spacial score (nSPS) is 21.6. The van der Waals surface area contributed by atoms with Crippen molar-refractivity contribution in [3.8, 4) is 28.1 Å². The molecule has 0 saturated carbocycles. The van der Waals surface area contributed by atoms with E-state index in [1.54, 1.807) is 7.11 Å². The Kier molecular flexibility index (Phi) is 10.5. The number of hydrogen-bond acceptors (Lipinski definition) is 9. The first kappa shape index (κ1) is 39.4. The Morgan fingerprint density at radius 3 is 2.59 bits per heavy atom. The minimum Gasteiger partial charge on any atom is -0.488 e. The Morgan fingerprint density at radius 2 is 1.84 bits per heavy atom. The zero-order chi connectivity index (χ0) is 41.0. The number of benzene rings is 3. The van der Waals surface area contributed by atoms with Crippen molar-refractivity contribution in [1.82, 2.24) is 25.1 Å². The molecule has 8 rings (SSSR count). The van der Waals surface area contributed by atoms with Crippen LogP contribution < -0.4 is 10.1 Å². The number of carbonyl (C=O) groups is 3. The highest BCUT2D eigenvalue weighted by Gasteiger charge is 2.43. The lowest BCUT2D eigenvalue weighted by Gasteiger charge is -2.32. The molecule has 5 atom stereocenters. The molecule has 0 bridgehead atoms. The van der Waals surface area contributed by atoms with E-state index in [-0.39, 0.29) is 42.0 Å². The fraction of sp³-hybridized carbons (Fsp3) is 0.489. The summed E-state index contributed by atoms with van der Waals surface area (Å²) >= 11 is 0. The van der Waals surface area contributed by atoms with E-state index < -0.39 is 17.7 Å². The second-order valence-electron chi connectivity index (χ2n) is 17.5. The lowest BCUT2D eigenvalue weighted by atomic mass is 9.90. The summed E-state index contributed by atoms with van der Waals surface area (Å²) in [4.78, 5) is 56.4. The minimum atomic E-state index is -0.708. The Balaban J connectivity index is 1.02. The number of aromatic amines is 1. The third kappa shape index (κ3) is 7.40. The Morgan fingerprint density at radius 1 is 1.03 bits per heavy atom. The maximum Gasteiger partial charge on any atom is 0.410 e. The molecule has 2 fully saturated rings. The lowest BCUT2D eigenvalue weighted by Crippen LogP contribution is -2.52. The van der Waals surface area contributed by atoms with Gasteiger partial charge in [-0.1, -0.05) is 32.0 Å². The van der Waals surface area contributed by atoms with Crippen LogP contribution in [-0.2, 0) is 32.0 Å². The highest BCUT2D eigenvalue weighted by atomic mass is 16.6. The number of amides is 3. The van der Waals surface area contributed by atoms with E-state index in [4.69, 9.17) is 28.9 Å². The Hall–Kier alpha value is -5.43. The first-order chi connectivity index (χ1) is 27.7. The number of fused-ring (bicyclic) bond motifs is 6. The number of nitrogens with one attached hydrogen (secondary N) is 2. The summed E-state index contributed by atoms with van der Waals surface area (Å²) < 4.78 is 22.6. The number of likely N-dealkylation sites (tertiary alicyclic amines) is 2. The highest BCUT2D eigenvalue weighted by Crippen LogP contribution is 2.45. The number of aromatic nitrogens is 2. The van der Waals surface area contributed by atoms with Gasteiger partial charge in [-0.15, -0.1) is 0 Å². The third-order valence-corrected chi connectivity index (χ3v) is 11.9. The summed E-state index contributed by atoms with van der Waals surface area (Å²) in [5.41, 5.74) is 7.51. The van der Waals surface area contributed by atoms with Crippen molar-refractivity contribution in [3.63, 3.8) is 0 Å². The van der Waals surface area contributed by atoms with E-state index in [1.165, 1.54) is 7.11 Å². The number of imidazole rings is 1. The van der Waals surface area contributed by atoms with Gasteiger partial charge in [-0.3, -0.25) is 14.7 Å². The van der Waals surface area contributed by atoms with Crippen molar-refractivity contribution in [1.29, 1.82) is 0 Å². The molecule has 1 aromatic heterocycles. The number of ether oxygens (including phenoxy) is 4. The van der Waals surface area contributed by atoms with Crippen LogP contribution in [0.1, 0.15) is 83.8 Å². The second kappa shape index (κ2) is 15.4. The highest BCUT2D eigenvalue weighted by molar-refractivity contribution is 6.06. The van der Waals surface area contributed by atoms with Crippen LogP contribution in [0.25, 0.3) is 33.2 Å². The van der Waals surface area contributed by atoms with Gasteiger partial charge in [-0.2, -0.15) is 0 Å². The van der Waals surface area contributed by atoms with Gasteiger partial charge in [-0.05, 0) is 110 Å². The fourth-order valence-corrected chi connectivity index (χ4v) is 9.14. The van der Waals surface area contributed by atoms with E-state index in [1.807, 2.05) is 57.5 Å². The van der Waals surface area contributed by atoms with Gasteiger partial charge in [0.1, 0.15) is 29.8 Å². The topological polar surface area (TPSA) is 148 Å². The van der Waals surface area contributed by atoms with E-state index in [0.29, 0.717) is 26.2 Å². The van der Waals surface area contributed by atoms with Crippen LogP contribution in [0.5, 0.6) is 5.75 Å². The van der Waals surface area contributed by atoms with Crippen molar-refractivity contribution < 1.29 is 33.3 Å². The third-order valence-electron chi connectivity index (χ3n) is 11.9. The van der Waals surface area contributed by atoms with Gasteiger partial charge in [0, 0.05) is 43.3 Å². The number of aliphatic imine (C=N–C) groups is 1. The molecule has 0 radical (unpaired) electrons. The van der Waals surface area contributed by atoms with E-state index in [9.17, 15) is 14.4 Å². The van der Waals surface area contributed by atoms with Crippen LogP contribution in [0, 0.1) is 11.8 Å². The maximum absolute atomic E-state index is 13.9. The van der Waals surface area contributed by atoms with Crippen LogP contribution in [0.15, 0.2) is 53.7 Å². The second-order valence-corrected chi connectivity index (χ2v) is 17.5. The molecule has 4 aliphatic heterocycles. The van der Waals surface area contributed by atoms with Crippen LogP contribution in [0.3, 0.4) is 0 Å². The van der Waals surface area contributed by atoms with E-state index >= 15 is 0 Å². The van der Waals surface area contributed by atoms with Crippen LogP contribution >= 0.6 is 0 Å². The molecule has 5 heterocycles. The summed E-state index contributed by atoms with van der Waals surface area (Å²) in [6.45, 7) is 13.1. The molecule has 4 aliphatic rings. The number of methoxy groups -OCH3 is 2. The van der Waals surface area contributed by atoms with Crippen LogP contribution in [-0.4, -0.2) is 94.7 Å². The van der Waals surface area contributed by atoms with Gasteiger partial charge >= 0.3 is 12.2 Å². The molecule has 3 aromatic carbocycles. The van der Waals surface area contributed by atoms with Crippen molar-refractivity contribution >= 4 is 40.3 Å². The molecular formula is C45H54N6O7. The van der Waals surface area contributed by atoms with Crippen molar-refractivity contribution in [2.75, 3.05) is 27.4 Å². The average molecular weight is 791 g/mol. The Labute approximate surface area is 339 Å². The van der Waals surface area contributed by atoms with Crippen LogP contribution in [0.4, 0.5) is 15.3 Å². The first-order valence-corrected chi connectivity index (χ1v) is 20.4. The molecule has 306 valence electrons. The summed E-state index contributed by atoms with van der Waals surface area (Å²) in [6, 6.07) is 13.8. The largest absolute Gasteiger partial charge is 0.488 e. The van der Waals surface area contributed by atoms with Crippen LogP contribution in [0.2, 0.25) is 0 Å². The molecule has 3 amide bonds. The summed E-state index contributed by atoms with van der Waals surface area (Å²) in [7, 11) is 3.00. The predicted octanol–water partition coefficient (Wildman–Crippen LogP) is 8.12. The van der Waals surface area contributed by atoms with Gasteiger partial charge < -0.3 is 34.1 Å². The number of hydrogen-bond donors (Lipinski definition) is 2. The molecule has 0 spiro atoms. The SMILES string of the molecule is COC[C@H]1CC(C2=Nc3ccc4cc5c(cc4c3C2)OCc2cc(-c3cnc([C@@H]4CC[C@H](C)N4C(=O)[C@@H](NC(=O)OC)C(C)C)[nH]3)ccc2-5)N(C(=O)OC(C)(C)C)C1. The van der Waals surface area contributed by atoms with Gasteiger partial charge in [0.2, 0.25) is 5.91 Å². The number of alkyl carbamates (subject to hydrolysis) is 1. The number of nitrogens with zero attached hydrogens (tertiary/aromatic N) is 4. The summed E-state index contributed by atoms with van der Waals surface area (Å²) in [5.74, 6) is 1.50. The number of rotatable bonds is 8. The standard InChI is InChI=1S/C45H54N6O7/c1-24(2)40(49-43(53)56-8)42(52)51-25(3)9-14-37(51)41-46-20-36(48-41)28-10-12-30-29(16-28)23-57-39-19-31-27(17-33(30)39)11-13-34-32(31)18-35(47-34)38-15-26(22-55-7)21-50(38)44(54)58-45(4,5)6/h10-13,16-17,19-20,24-26,37-38,40H,9,14-15,18,21-23H2,1-8H3,(H,46,48)(H,49,53)/t25-,26-,37-,38?,40-/m0/s1. The molecule has 2 N–H and O–H groups in total. The molecule has 2 saturated heterocycles. The summed E-state index contributed by atoms with van der Waals surface area (Å²) in [5, 5.41) is 4.94. The zero-order valence-corrected chi connectivity index (χ0v) is 34.7. The zero-order valence-electron chi connectivity index (χ0n) is 34.7. The molecular weight excluding hydrogens is 737 g/mol. The van der Waals surface area contributed by atoms with E-state index in [0.717, 1.165) is 86.5 Å². The molecule has 13 heteroatoms. The van der Waals surface area contributed by atoms with Crippen molar-refractivity contribution in [2.45, 2.75) is 104 Å². The molecule has 58 heavy (non-hydrogen) atoms. The summed E-state index contributed by atoms with van der Waals surface area (Å²) in [6.07, 6.45) is 3.91. The van der Waals surface area contributed by atoms with Gasteiger partial charge in [0.15, 0.2) is 0 Å². The molecule has 13 nitrogen and oxygen atoms in total. The Bertz CT molecular complexity index is 2290. The fourth-order valence-electron chi connectivity index (χ4n) is 9.14. The first-order valence-electron chi connectivity index (χ1n) is 20.4. The quantitative estimate of drug-likeness (QED) is 0.182. The predicted molar refractivity (Wildman–Crippen MR) is 221 cm³/mol. The van der Waals surface area contributed by atoms with Crippen molar-refractivity contribution in [2.24, 2.45) is 16.8 Å². The maximum atomic E-state index is 13.9. The lowest BCUT2D eigenvalue weighted by molar-refractivity contribution is -0.137.